The number of amides is 1. The van der Waals surface area contributed by atoms with Crippen molar-refractivity contribution >= 4 is 17.2 Å². The van der Waals surface area contributed by atoms with Crippen LogP contribution in [0, 0.1) is 6.92 Å². The number of halogens is 3. The number of hydrogen-bond donors (Lipinski definition) is 2. The Balaban J connectivity index is 1.69. The maximum absolute atomic E-state index is 13.5. The molecule has 1 atom stereocenters. The fourth-order valence-corrected chi connectivity index (χ4v) is 4.03. The molecule has 0 bridgehead atoms. The highest BCUT2D eigenvalue weighted by Crippen LogP contribution is 2.43. The fourth-order valence-electron chi connectivity index (χ4n) is 3.12. The number of aromatic amines is 1. The minimum absolute atomic E-state index is 0.223. The van der Waals surface area contributed by atoms with Crippen LogP contribution in [-0.2, 0) is 10.4 Å². The van der Waals surface area contributed by atoms with E-state index in [2.05, 4.69) is 15.2 Å². The summed E-state index contributed by atoms with van der Waals surface area (Å²) in [6.45, 7) is 2.23. The molecule has 0 radical (unpaired) electrons. The van der Waals surface area contributed by atoms with E-state index in [1.165, 1.54) is 10.3 Å². The van der Waals surface area contributed by atoms with Crippen LogP contribution in [0.5, 0.6) is 0 Å². The normalized spacial score (nSPS) is 18.7. The van der Waals surface area contributed by atoms with E-state index in [1.54, 1.807) is 19.3 Å². The van der Waals surface area contributed by atoms with Crippen molar-refractivity contribution < 1.29 is 23.1 Å². The molecular weight excluding hydrogens is 369 g/mol. The quantitative estimate of drug-likeness (QED) is 0.844. The van der Waals surface area contributed by atoms with Crippen LogP contribution >= 0.6 is 11.3 Å². The molecule has 2 aromatic rings. The van der Waals surface area contributed by atoms with Gasteiger partial charge in [-0.2, -0.15) is 18.3 Å². The maximum atomic E-state index is 13.5. The molecule has 6 nitrogen and oxygen atoms in total. The number of aromatic nitrogens is 3. The Labute approximate surface area is 152 Å². The van der Waals surface area contributed by atoms with Gasteiger partial charge in [0.1, 0.15) is 5.01 Å². The summed E-state index contributed by atoms with van der Waals surface area (Å²) in [7, 11) is 0. The summed E-state index contributed by atoms with van der Waals surface area (Å²) in [5, 5.41) is 17.9. The summed E-state index contributed by atoms with van der Waals surface area (Å²) in [4.78, 5) is 17.6. The number of carbonyl (C=O) groups is 1. The summed E-state index contributed by atoms with van der Waals surface area (Å²) in [5.74, 6) is -0.496. The zero-order valence-electron chi connectivity index (χ0n) is 14.1. The average Bonchev–Trinajstić information content (AvgIpc) is 3.25. The average molecular weight is 388 g/mol. The number of rotatable bonds is 4. The van der Waals surface area contributed by atoms with Crippen LogP contribution < -0.4 is 0 Å². The monoisotopic (exact) mass is 388 g/mol. The smallest absolute Gasteiger partial charge is 0.374 e. The van der Waals surface area contributed by atoms with Crippen LogP contribution in [0.4, 0.5) is 13.2 Å². The minimum atomic E-state index is -4.98. The van der Waals surface area contributed by atoms with Crippen molar-refractivity contribution in [1.29, 1.82) is 0 Å². The van der Waals surface area contributed by atoms with E-state index in [0.29, 0.717) is 43.0 Å². The standard InChI is InChI=1S/C16H19F3N4O2S/c1-10-9-26-14(22-10)15(25,16(17,18)19)6-13(24)23-4-2-11(3-5-23)12-7-20-21-8-12/h7-9,11,25H,2-6H2,1H3,(H,20,21). The SMILES string of the molecule is Cc1csc(C(O)(CC(=O)N2CCC(c3cn[nH]c3)CC2)C(F)(F)F)n1. The molecule has 142 valence electrons. The van der Waals surface area contributed by atoms with E-state index in [0.717, 1.165) is 5.56 Å². The fraction of sp³-hybridized carbons (Fsp3) is 0.562. The summed E-state index contributed by atoms with van der Waals surface area (Å²) in [6, 6.07) is 0. The highest BCUT2D eigenvalue weighted by atomic mass is 32.1. The van der Waals surface area contributed by atoms with E-state index in [1.807, 2.05) is 0 Å². The van der Waals surface area contributed by atoms with Gasteiger partial charge in [0.25, 0.3) is 0 Å². The number of nitrogens with one attached hydrogen (secondary N) is 1. The van der Waals surface area contributed by atoms with Gasteiger partial charge in [0, 0.05) is 30.4 Å². The lowest BCUT2D eigenvalue weighted by Crippen LogP contribution is -2.48. The van der Waals surface area contributed by atoms with Crippen molar-refractivity contribution in [2.75, 3.05) is 13.1 Å². The molecule has 3 rings (SSSR count). The van der Waals surface area contributed by atoms with Gasteiger partial charge in [-0.15, -0.1) is 11.3 Å². The molecule has 2 aromatic heterocycles. The van der Waals surface area contributed by atoms with E-state index in [-0.39, 0.29) is 5.92 Å². The first kappa shape index (κ1) is 18.8. The second-order valence-corrected chi connectivity index (χ2v) is 7.37. The zero-order valence-corrected chi connectivity index (χ0v) is 14.9. The summed E-state index contributed by atoms with van der Waals surface area (Å²) in [6.07, 6.45) is -1.25. The third-order valence-corrected chi connectivity index (χ3v) is 5.80. The van der Waals surface area contributed by atoms with E-state index >= 15 is 0 Å². The highest BCUT2D eigenvalue weighted by Gasteiger charge is 2.58. The Morgan fingerprint density at radius 2 is 2.12 bits per heavy atom. The molecule has 1 fully saturated rings. The molecule has 0 aliphatic carbocycles. The molecule has 2 N–H and O–H groups in total. The predicted octanol–water partition coefficient (Wildman–Crippen LogP) is 2.72. The van der Waals surface area contributed by atoms with Crippen molar-refractivity contribution in [3.05, 3.63) is 34.0 Å². The van der Waals surface area contributed by atoms with Gasteiger partial charge in [-0.3, -0.25) is 9.89 Å². The number of nitrogens with zero attached hydrogens (tertiary/aromatic N) is 3. The van der Waals surface area contributed by atoms with E-state index in [9.17, 15) is 23.1 Å². The first-order valence-electron chi connectivity index (χ1n) is 8.19. The Morgan fingerprint density at radius 3 is 2.62 bits per heavy atom. The zero-order chi connectivity index (χ0) is 18.9. The van der Waals surface area contributed by atoms with Crippen LogP contribution in [0.3, 0.4) is 0 Å². The number of aryl methyl sites for hydroxylation is 1. The molecule has 0 spiro atoms. The Bertz CT molecular complexity index is 754. The topological polar surface area (TPSA) is 82.1 Å². The number of H-pyrrole nitrogens is 1. The third-order valence-electron chi connectivity index (χ3n) is 4.69. The number of carbonyl (C=O) groups excluding carboxylic acids is 1. The Kier molecular flexibility index (Phi) is 5.07. The van der Waals surface area contributed by atoms with Crippen LogP contribution in [0.2, 0.25) is 0 Å². The first-order chi connectivity index (χ1) is 12.2. The number of piperidine rings is 1. The van der Waals surface area contributed by atoms with Crippen molar-refractivity contribution in [2.45, 2.75) is 43.9 Å². The van der Waals surface area contributed by atoms with Gasteiger partial charge >= 0.3 is 6.18 Å². The molecular formula is C16H19F3N4O2S. The third kappa shape index (κ3) is 3.61. The maximum Gasteiger partial charge on any atom is 0.424 e. The van der Waals surface area contributed by atoms with Gasteiger partial charge in [-0.25, -0.2) is 4.98 Å². The molecule has 1 unspecified atom stereocenters. The van der Waals surface area contributed by atoms with Crippen molar-refractivity contribution in [2.24, 2.45) is 0 Å². The van der Waals surface area contributed by atoms with Crippen molar-refractivity contribution in [3.63, 3.8) is 0 Å². The summed E-state index contributed by atoms with van der Waals surface area (Å²) in [5.41, 5.74) is -1.85. The largest absolute Gasteiger partial charge is 0.424 e. The Morgan fingerprint density at radius 1 is 1.42 bits per heavy atom. The second kappa shape index (κ2) is 6.99. The predicted molar refractivity (Wildman–Crippen MR) is 88.6 cm³/mol. The highest BCUT2D eigenvalue weighted by molar-refractivity contribution is 7.09. The molecule has 1 aliphatic rings. The molecule has 0 aromatic carbocycles. The number of hydrogen-bond acceptors (Lipinski definition) is 5. The number of likely N-dealkylation sites (tertiary alicyclic amines) is 1. The lowest BCUT2D eigenvalue weighted by molar-refractivity contribution is -0.268. The van der Waals surface area contributed by atoms with Gasteiger partial charge in [0.15, 0.2) is 0 Å². The summed E-state index contributed by atoms with van der Waals surface area (Å²) >= 11 is 0.708. The van der Waals surface area contributed by atoms with E-state index < -0.39 is 29.1 Å². The molecule has 1 aliphatic heterocycles. The second-order valence-electron chi connectivity index (χ2n) is 6.52. The van der Waals surface area contributed by atoms with Gasteiger partial charge < -0.3 is 10.0 Å². The lowest BCUT2D eigenvalue weighted by atomic mass is 9.90. The first-order valence-corrected chi connectivity index (χ1v) is 9.07. The van der Waals surface area contributed by atoms with Crippen LogP contribution in [0.25, 0.3) is 0 Å². The van der Waals surface area contributed by atoms with Crippen LogP contribution in [-0.4, -0.2) is 50.4 Å². The lowest BCUT2D eigenvalue weighted by Gasteiger charge is -2.34. The van der Waals surface area contributed by atoms with Gasteiger partial charge in [0.05, 0.1) is 12.6 Å². The molecule has 1 saturated heterocycles. The van der Waals surface area contributed by atoms with Gasteiger partial charge in [0.2, 0.25) is 11.5 Å². The number of aliphatic hydroxyl groups is 1. The molecule has 0 saturated carbocycles. The van der Waals surface area contributed by atoms with Crippen molar-refractivity contribution in [3.8, 4) is 0 Å². The van der Waals surface area contributed by atoms with Crippen LogP contribution in [0.1, 0.15) is 41.4 Å². The Hall–Kier alpha value is -1.94. The molecule has 3 heterocycles. The molecule has 1 amide bonds. The van der Waals surface area contributed by atoms with Crippen LogP contribution in [0.15, 0.2) is 17.8 Å². The molecule has 26 heavy (non-hydrogen) atoms. The molecule has 10 heteroatoms. The van der Waals surface area contributed by atoms with Gasteiger partial charge in [-0.05, 0) is 31.2 Å². The number of thiazole rings is 1. The summed E-state index contributed by atoms with van der Waals surface area (Å²) < 4.78 is 40.5. The minimum Gasteiger partial charge on any atom is -0.374 e. The number of alkyl halides is 3. The van der Waals surface area contributed by atoms with E-state index in [4.69, 9.17) is 0 Å². The van der Waals surface area contributed by atoms with Gasteiger partial charge in [-0.1, -0.05) is 0 Å². The van der Waals surface area contributed by atoms with Crippen molar-refractivity contribution in [1.82, 2.24) is 20.1 Å².